The SMILES string of the molecule is CC(C)(CNc1cccc(Br)c1C(=O)O)c1cccs1. The summed E-state index contributed by atoms with van der Waals surface area (Å²) in [7, 11) is 0. The van der Waals surface area contributed by atoms with Gasteiger partial charge in [-0.05, 0) is 39.5 Å². The molecule has 0 amide bonds. The number of carbonyl (C=O) groups is 1. The van der Waals surface area contributed by atoms with Crippen molar-refractivity contribution >= 4 is 38.9 Å². The smallest absolute Gasteiger partial charge is 0.338 e. The topological polar surface area (TPSA) is 49.3 Å². The van der Waals surface area contributed by atoms with E-state index in [9.17, 15) is 9.90 Å². The van der Waals surface area contributed by atoms with Gasteiger partial charge in [-0.2, -0.15) is 0 Å². The molecule has 1 aromatic heterocycles. The van der Waals surface area contributed by atoms with E-state index in [1.807, 2.05) is 12.1 Å². The van der Waals surface area contributed by atoms with Gasteiger partial charge in [0.2, 0.25) is 0 Å². The van der Waals surface area contributed by atoms with Gasteiger partial charge in [-0.25, -0.2) is 4.79 Å². The van der Waals surface area contributed by atoms with E-state index in [0.717, 1.165) is 0 Å². The maximum absolute atomic E-state index is 11.3. The van der Waals surface area contributed by atoms with Crippen molar-refractivity contribution in [2.24, 2.45) is 0 Å². The molecule has 2 aromatic rings. The van der Waals surface area contributed by atoms with Gasteiger partial charge in [0.05, 0.1) is 5.56 Å². The average Bonchev–Trinajstić information content (AvgIpc) is 2.90. The molecule has 0 spiro atoms. The third-order valence-corrected chi connectivity index (χ3v) is 5.03. The van der Waals surface area contributed by atoms with Crippen LogP contribution in [0.15, 0.2) is 40.2 Å². The number of benzene rings is 1. The minimum Gasteiger partial charge on any atom is -0.478 e. The van der Waals surface area contributed by atoms with E-state index in [0.29, 0.717) is 16.7 Å². The summed E-state index contributed by atoms with van der Waals surface area (Å²) in [6.07, 6.45) is 0. The zero-order valence-electron chi connectivity index (χ0n) is 11.3. The van der Waals surface area contributed by atoms with Gasteiger partial charge >= 0.3 is 5.97 Å². The Labute approximate surface area is 130 Å². The quantitative estimate of drug-likeness (QED) is 0.825. The molecule has 3 nitrogen and oxygen atoms in total. The second kappa shape index (κ2) is 5.97. The van der Waals surface area contributed by atoms with Crippen molar-refractivity contribution < 1.29 is 9.90 Å². The van der Waals surface area contributed by atoms with Gasteiger partial charge < -0.3 is 10.4 Å². The predicted octanol–water partition coefficient (Wildman–Crippen LogP) is 4.60. The largest absolute Gasteiger partial charge is 0.478 e. The minimum atomic E-state index is -0.936. The lowest BCUT2D eigenvalue weighted by Crippen LogP contribution is -2.27. The van der Waals surface area contributed by atoms with Crippen LogP contribution >= 0.6 is 27.3 Å². The van der Waals surface area contributed by atoms with Crippen molar-refractivity contribution in [3.8, 4) is 0 Å². The number of hydrogen-bond donors (Lipinski definition) is 2. The number of carboxylic acid groups (broad SMARTS) is 1. The van der Waals surface area contributed by atoms with Crippen LogP contribution in [0.5, 0.6) is 0 Å². The molecule has 0 saturated carbocycles. The summed E-state index contributed by atoms with van der Waals surface area (Å²) in [4.78, 5) is 12.6. The first-order valence-electron chi connectivity index (χ1n) is 6.21. The third kappa shape index (κ3) is 3.22. The lowest BCUT2D eigenvalue weighted by molar-refractivity contribution is 0.0697. The molecule has 0 fully saturated rings. The molecule has 0 unspecified atom stereocenters. The third-order valence-electron chi connectivity index (χ3n) is 3.14. The van der Waals surface area contributed by atoms with Crippen LogP contribution in [0.1, 0.15) is 29.1 Å². The van der Waals surface area contributed by atoms with E-state index in [4.69, 9.17) is 0 Å². The van der Waals surface area contributed by atoms with E-state index in [1.165, 1.54) is 4.88 Å². The fourth-order valence-electron chi connectivity index (χ4n) is 1.96. The molecule has 20 heavy (non-hydrogen) atoms. The molecule has 0 saturated heterocycles. The molecule has 0 bridgehead atoms. The molecule has 1 heterocycles. The monoisotopic (exact) mass is 353 g/mol. The first-order chi connectivity index (χ1) is 9.42. The molecule has 0 atom stereocenters. The van der Waals surface area contributed by atoms with Gasteiger partial charge in [0, 0.05) is 27.0 Å². The second-order valence-corrected chi connectivity index (χ2v) is 6.98. The first-order valence-corrected chi connectivity index (χ1v) is 7.89. The van der Waals surface area contributed by atoms with Crippen molar-refractivity contribution in [1.29, 1.82) is 0 Å². The Hall–Kier alpha value is -1.33. The van der Waals surface area contributed by atoms with Gasteiger partial charge in [-0.15, -0.1) is 11.3 Å². The Morgan fingerprint density at radius 1 is 1.35 bits per heavy atom. The molecule has 0 aliphatic rings. The number of thiophene rings is 1. The molecule has 2 N–H and O–H groups in total. The van der Waals surface area contributed by atoms with E-state index >= 15 is 0 Å². The average molecular weight is 354 g/mol. The van der Waals surface area contributed by atoms with Crippen LogP contribution in [0.4, 0.5) is 5.69 Å². The Morgan fingerprint density at radius 3 is 2.70 bits per heavy atom. The van der Waals surface area contributed by atoms with Crippen LogP contribution in [0.2, 0.25) is 0 Å². The number of hydrogen-bond acceptors (Lipinski definition) is 3. The molecule has 2 rings (SSSR count). The molecule has 106 valence electrons. The van der Waals surface area contributed by atoms with Gasteiger partial charge in [-0.3, -0.25) is 0 Å². The number of rotatable bonds is 5. The van der Waals surface area contributed by atoms with E-state index in [1.54, 1.807) is 23.5 Å². The summed E-state index contributed by atoms with van der Waals surface area (Å²) in [6.45, 7) is 4.96. The van der Waals surface area contributed by atoms with Crippen molar-refractivity contribution in [1.82, 2.24) is 0 Å². The molecule has 0 radical (unpaired) electrons. The Kier molecular flexibility index (Phi) is 4.50. The van der Waals surface area contributed by atoms with Crippen molar-refractivity contribution in [2.45, 2.75) is 19.3 Å². The lowest BCUT2D eigenvalue weighted by Gasteiger charge is -2.25. The van der Waals surface area contributed by atoms with Crippen LogP contribution in [0, 0.1) is 0 Å². The minimum absolute atomic E-state index is 0.0493. The van der Waals surface area contributed by atoms with Crippen molar-refractivity contribution in [2.75, 3.05) is 11.9 Å². The Balaban J connectivity index is 2.20. The van der Waals surface area contributed by atoms with Gasteiger partial charge in [0.1, 0.15) is 0 Å². The lowest BCUT2D eigenvalue weighted by atomic mass is 9.91. The van der Waals surface area contributed by atoms with Crippen LogP contribution < -0.4 is 5.32 Å². The van der Waals surface area contributed by atoms with Crippen LogP contribution in [0.3, 0.4) is 0 Å². The summed E-state index contributed by atoms with van der Waals surface area (Å²) in [5.74, 6) is -0.936. The zero-order valence-corrected chi connectivity index (χ0v) is 13.7. The van der Waals surface area contributed by atoms with Gasteiger partial charge in [0.25, 0.3) is 0 Å². The van der Waals surface area contributed by atoms with E-state index in [-0.39, 0.29) is 11.0 Å². The maximum atomic E-state index is 11.3. The number of aromatic carboxylic acids is 1. The highest BCUT2D eigenvalue weighted by Crippen LogP contribution is 2.30. The Morgan fingerprint density at radius 2 is 2.10 bits per heavy atom. The van der Waals surface area contributed by atoms with Crippen LogP contribution in [0.25, 0.3) is 0 Å². The molecule has 5 heteroatoms. The Bertz CT molecular complexity index is 608. The van der Waals surface area contributed by atoms with Gasteiger partial charge in [0.15, 0.2) is 0 Å². The van der Waals surface area contributed by atoms with Crippen LogP contribution in [-0.2, 0) is 5.41 Å². The summed E-state index contributed by atoms with van der Waals surface area (Å²) in [5.41, 5.74) is 0.859. The van der Waals surface area contributed by atoms with E-state index in [2.05, 4.69) is 46.5 Å². The number of carboxylic acids is 1. The maximum Gasteiger partial charge on any atom is 0.338 e. The fraction of sp³-hybridized carbons (Fsp3) is 0.267. The molecule has 0 aliphatic heterocycles. The van der Waals surface area contributed by atoms with E-state index < -0.39 is 5.97 Å². The zero-order chi connectivity index (χ0) is 14.8. The second-order valence-electron chi connectivity index (χ2n) is 5.18. The molecule has 0 aliphatic carbocycles. The molecule has 1 aromatic carbocycles. The molecular formula is C15H16BrNO2S. The predicted molar refractivity (Wildman–Crippen MR) is 86.9 cm³/mol. The number of anilines is 1. The fourth-order valence-corrected chi connectivity index (χ4v) is 3.34. The number of halogens is 1. The highest BCUT2D eigenvalue weighted by Gasteiger charge is 2.23. The number of nitrogens with one attached hydrogen (secondary N) is 1. The molecular weight excluding hydrogens is 338 g/mol. The van der Waals surface area contributed by atoms with Crippen molar-refractivity contribution in [3.05, 3.63) is 50.6 Å². The normalized spacial score (nSPS) is 11.3. The van der Waals surface area contributed by atoms with Crippen molar-refractivity contribution in [3.63, 3.8) is 0 Å². The first kappa shape index (κ1) is 15.1. The summed E-state index contributed by atoms with van der Waals surface area (Å²) in [5, 5.41) is 14.6. The van der Waals surface area contributed by atoms with Gasteiger partial charge in [-0.1, -0.05) is 26.0 Å². The summed E-state index contributed by atoms with van der Waals surface area (Å²) < 4.78 is 0.587. The summed E-state index contributed by atoms with van der Waals surface area (Å²) in [6, 6.07) is 9.49. The standard InChI is InChI=1S/C15H16BrNO2S/c1-15(2,12-7-4-8-20-12)9-17-11-6-3-5-10(16)13(11)14(18)19/h3-8,17H,9H2,1-2H3,(H,18,19). The summed E-state index contributed by atoms with van der Waals surface area (Å²) >= 11 is 5.00. The highest BCUT2D eigenvalue weighted by atomic mass is 79.9. The van der Waals surface area contributed by atoms with Crippen LogP contribution in [-0.4, -0.2) is 17.6 Å². The highest BCUT2D eigenvalue weighted by molar-refractivity contribution is 9.10.